The zero-order valence-electron chi connectivity index (χ0n) is 11.6. The number of halogens is 1. The molecule has 1 saturated heterocycles. The summed E-state index contributed by atoms with van der Waals surface area (Å²) in [7, 11) is 4.26. The zero-order chi connectivity index (χ0) is 13.4. The van der Waals surface area contributed by atoms with Crippen molar-refractivity contribution < 1.29 is 0 Å². The molecule has 0 saturated carbocycles. The number of para-hydroxylation sites is 1. The number of likely N-dealkylation sites (N-methyl/N-ethyl adjacent to an activating group) is 1. The molecule has 0 N–H and O–H groups in total. The predicted octanol–water partition coefficient (Wildman–Crippen LogP) is 2.58. The Morgan fingerprint density at radius 1 is 1.11 bits per heavy atom. The standard InChI is InChI=1S/C15H20ClN3/c1-17-6-8-19(9-7-17)11-12-10-18(2)15-13(12)4-3-5-14(15)16/h3-5,10H,6-9,11H2,1-2H3. The van der Waals surface area contributed by atoms with Crippen LogP contribution in [0.2, 0.25) is 5.02 Å². The quantitative estimate of drug-likeness (QED) is 0.836. The molecule has 1 aromatic carbocycles. The van der Waals surface area contributed by atoms with Gasteiger partial charge in [0.25, 0.3) is 0 Å². The Kier molecular flexibility index (Phi) is 3.52. The van der Waals surface area contributed by atoms with E-state index in [1.54, 1.807) is 0 Å². The molecule has 2 heterocycles. The Morgan fingerprint density at radius 2 is 1.84 bits per heavy atom. The Labute approximate surface area is 119 Å². The Bertz CT molecular complexity index is 582. The second-order valence-corrected chi connectivity index (χ2v) is 5.89. The first-order valence-corrected chi connectivity index (χ1v) is 7.16. The van der Waals surface area contributed by atoms with E-state index < -0.39 is 0 Å². The number of hydrogen-bond donors (Lipinski definition) is 0. The van der Waals surface area contributed by atoms with Crippen LogP contribution >= 0.6 is 11.6 Å². The maximum Gasteiger partial charge on any atom is 0.0670 e. The maximum atomic E-state index is 6.30. The molecular weight excluding hydrogens is 258 g/mol. The van der Waals surface area contributed by atoms with Crippen LogP contribution < -0.4 is 0 Å². The highest BCUT2D eigenvalue weighted by atomic mass is 35.5. The van der Waals surface area contributed by atoms with Crippen molar-refractivity contribution in [1.82, 2.24) is 14.4 Å². The van der Waals surface area contributed by atoms with Crippen LogP contribution in [0.25, 0.3) is 10.9 Å². The lowest BCUT2D eigenvalue weighted by molar-refractivity contribution is 0.148. The average Bonchev–Trinajstić information content (AvgIpc) is 2.70. The second-order valence-electron chi connectivity index (χ2n) is 5.48. The number of nitrogens with zero attached hydrogens (tertiary/aromatic N) is 3. The number of rotatable bonds is 2. The van der Waals surface area contributed by atoms with Gasteiger partial charge in [-0.25, -0.2) is 0 Å². The summed E-state index contributed by atoms with van der Waals surface area (Å²) < 4.78 is 2.14. The van der Waals surface area contributed by atoms with Crippen LogP contribution in [-0.4, -0.2) is 47.6 Å². The monoisotopic (exact) mass is 277 g/mol. The van der Waals surface area contributed by atoms with E-state index in [1.165, 1.54) is 10.9 Å². The lowest BCUT2D eigenvalue weighted by Gasteiger charge is -2.32. The third-order valence-electron chi connectivity index (χ3n) is 4.02. The molecule has 1 aliphatic heterocycles. The second kappa shape index (κ2) is 5.16. The summed E-state index contributed by atoms with van der Waals surface area (Å²) in [6.07, 6.45) is 2.22. The maximum absolute atomic E-state index is 6.30. The molecule has 4 heteroatoms. The van der Waals surface area contributed by atoms with Crippen molar-refractivity contribution in [2.45, 2.75) is 6.54 Å². The molecule has 0 atom stereocenters. The number of piperazine rings is 1. The first-order chi connectivity index (χ1) is 9.15. The minimum absolute atomic E-state index is 0.838. The van der Waals surface area contributed by atoms with Gasteiger partial charge in [-0.05, 0) is 18.7 Å². The minimum Gasteiger partial charge on any atom is -0.349 e. The van der Waals surface area contributed by atoms with Gasteiger partial charge in [-0.3, -0.25) is 4.90 Å². The summed E-state index contributed by atoms with van der Waals surface area (Å²) in [6.45, 7) is 5.63. The largest absolute Gasteiger partial charge is 0.349 e. The smallest absolute Gasteiger partial charge is 0.0670 e. The normalized spacial score (nSPS) is 18.3. The Hall–Kier alpha value is -1.03. The number of benzene rings is 1. The van der Waals surface area contributed by atoms with E-state index >= 15 is 0 Å². The van der Waals surface area contributed by atoms with Crippen molar-refractivity contribution in [2.75, 3.05) is 33.2 Å². The average molecular weight is 278 g/mol. The van der Waals surface area contributed by atoms with Gasteiger partial charge in [-0.15, -0.1) is 0 Å². The van der Waals surface area contributed by atoms with Crippen LogP contribution in [0.1, 0.15) is 5.56 Å². The molecule has 19 heavy (non-hydrogen) atoms. The van der Waals surface area contributed by atoms with Crippen LogP contribution in [0, 0.1) is 0 Å². The highest BCUT2D eigenvalue weighted by Gasteiger charge is 2.16. The minimum atomic E-state index is 0.838. The molecule has 0 aliphatic carbocycles. The molecule has 0 unspecified atom stereocenters. The van der Waals surface area contributed by atoms with Gasteiger partial charge in [0.15, 0.2) is 0 Å². The van der Waals surface area contributed by atoms with Crippen molar-refractivity contribution >= 4 is 22.5 Å². The molecule has 0 spiro atoms. The van der Waals surface area contributed by atoms with Crippen LogP contribution in [0.3, 0.4) is 0 Å². The molecule has 3 nitrogen and oxygen atoms in total. The third kappa shape index (κ3) is 2.50. The third-order valence-corrected chi connectivity index (χ3v) is 4.33. The van der Waals surface area contributed by atoms with Crippen molar-refractivity contribution in [3.8, 4) is 0 Å². The van der Waals surface area contributed by atoms with Crippen LogP contribution in [0.15, 0.2) is 24.4 Å². The molecule has 2 aromatic rings. The summed E-state index contributed by atoms with van der Waals surface area (Å²) in [5.41, 5.74) is 2.53. The molecule has 0 bridgehead atoms. The van der Waals surface area contributed by atoms with Crippen LogP contribution in [-0.2, 0) is 13.6 Å². The molecule has 1 aliphatic rings. The van der Waals surface area contributed by atoms with Crippen LogP contribution in [0.5, 0.6) is 0 Å². The highest BCUT2D eigenvalue weighted by molar-refractivity contribution is 6.35. The van der Waals surface area contributed by atoms with Gasteiger partial charge in [-0.1, -0.05) is 23.7 Å². The van der Waals surface area contributed by atoms with Gasteiger partial charge < -0.3 is 9.47 Å². The Morgan fingerprint density at radius 3 is 2.58 bits per heavy atom. The molecule has 102 valence electrons. The van der Waals surface area contributed by atoms with Crippen molar-refractivity contribution in [3.63, 3.8) is 0 Å². The predicted molar refractivity (Wildman–Crippen MR) is 80.7 cm³/mol. The fourth-order valence-corrected chi connectivity index (χ4v) is 3.18. The molecule has 1 fully saturated rings. The molecular formula is C15H20ClN3. The van der Waals surface area contributed by atoms with E-state index in [0.29, 0.717) is 0 Å². The number of aryl methyl sites for hydroxylation is 1. The highest BCUT2D eigenvalue weighted by Crippen LogP contribution is 2.28. The van der Waals surface area contributed by atoms with Crippen LogP contribution in [0.4, 0.5) is 0 Å². The molecule has 1 aromatic heterocycles. The van der Waals surface area contributed by atoms with Gasteiger partial charge in [0.1, 0.15) is 0 Å². The van der Waals surface area contributed by atoms with Gasteiger partial charge in [0, 0.05) is 51.4 Å². The molecule has 0 amide bonds. The summed E-state index contributed by atoms with van der Waals surface area (Å²) >= 11 is 6.30. The number of aromatic nitrogens is 1. The van der Waals surface area contributed by atoms with Gasteiger partial charge in [0.2, 0.25) is 0 Å². The summed E-state index contributed by atoms with van der Waals surface area (Å²) in [4.78, 5) is 4.91. The molecule has 0 radical (unpaired) electrons. The van der Waals surface area contributed by atoms with Crippen molar-refractivity contribution in [1.29, 1.82) is 0 Å². The van der Waals surface area contributed by atoms with E-state index in [0.717, 1.165) is 43.3 Å². The lowest BCUT2D eigenvalue weighted by atomic mass is 10.1. The topological polar surface area (TPSA) is 11.4 Å². The van der Waals surface area contributed by atoms with E-state index in [2.05, 4.69) is 40.7 Å². The first-order valence-electron chi connectivity index (χ1n) is 6.78. The van der Waals surface area contributed by atoms with Crippen molar-refractivity contribution in [3.05, 3.63) is 35.0 Å². The zero-order valence-corrected chi connectivity index (χ0v) is 12.3. The summed E-state index contributed by atoms with van der Waals surface area (Å²) in [5, 5.41) is 2.12. The van der Waals surface area contributed by atoms with E-state index in [1.807, 2.05) is 12.1 Å². The SMILES string of the molecule is CN1CCN(Cc2cn(C)c3c(Cl)cccc23)CC1. The fourth-order valence-electron chi connectivity index (χ4n) is 2.87. The van der Waals surface area contributed by atoms with Crippen molar-refractivity contribution in [2.24, 2.45) is 7.05 Å². The van der Waals surface area contributed by atoms with E-state index in [-0.39, 0.29) is 0 Å². The van der Waals surface area contributed by atoms with Gasteiger partial charge in [-0.2, -0.15) is 0 Å². The van der Waals surface area contributed by atoms with E-state index in [9.17, 15) is 0 Å². The lowest BCUT2D eigenvalue weighted by Crippen LogP contribution is -2.43. The van der Waals surface area contributed by atoms with E-state index in [4.69, 9.17) is 11.6 Å². The van der Waals surface area contributed by atoms with Gasteiger partial charge in [0.05, 0.1) is 10.5 Å². The first kappa shape index (κ1) is 13.0. The fraction of sp³-hybridized carbons (Fsp3) is 0.467. The summed E-state index contributed by atoms with van der Waals surface area (Å²) in [5.74, 6) is 0. The summed E-state index contributed by atoms with van der Waals surface area (Å²) in [6, 6.07) is 6.17. The Balaban J connectivity index is 1.87. The van der Waals surface area contributed by atoms with Gasteiger partial charge >= 0.3 is 0 Å². The number of hydrogen-bond acceptors (Lipinski definition) is 2. The number of fused-ring (bicyclic) bond motifs is 1. The molecule has 3 rings (SSSR count).